The molecule has 1 aliphatic heterocycles. The summed E-state index contributed by atoms with van der Waals surface area (Å²) in [5.74, 6) is -1.44. The molecule has 3 rings (SSSR count). The lowest BCUT2D eigenvalue weighted by Gasteiger charge is -2.34. The van der Waals surface area contributed by atoms with Gasteiger partial charge < -0.3 is 19.9 Å². The molecule has 27 heavy (non-hydrogen) atoms. The van der Waals surface area contributed by atoms with Gasteiger partial charge in [-0.2, -0.15) is 0 Å². The van der Waals surface area contributed by atoms with E-state index in [-0.39, 0.29) is 11.3 Å². The van der Waals surface area contributed by atoms with Gasteiger partial charge in [0.1, 0.15) is 0 Å². The fourth-order valence-corrected chi connectivity index (χ4v) is 2.76. The number of anilines is 2. The van der Waals surface area contributed by atoms with Crippen LogP contribution in [-0.2, 0) is 14.3 Å². The third-order valence-electron chi connectivity index (χ3n) is 4.18. The predicted molar refractivity (Wildman–Crippen MR) is 97.2 cm³/mol. The summed E-state index contributed by atoms with van der Waals surface area (Å²) in [7, 11) is 1.25. The lowest BCUT2D eigenvalue weighted by atomic mass is 10.2. The number of hydrogen-bond acceptors (Lipinski definition) is 7. The van der Waals surface area contributed by atoms with Gasteiger partial charge in [0.2, 0.25) is 5.95 Å². The standard InChI is InChI=1S/C18H19N5O4/c1-27-17(26)13-5-2-3-6-14(13)21-15(24)16(25)22-9-11-23(12-10-22)18-19-7-4-8-20-18/h2-8H,9-12H2,1H3,(H,21,24). The van der Waals surface area contributed by atoms with Crippen LogP contribution in [0.2, 0.25) is 0 Å². The van der Waals surface area contributed by atoms with Crippen molar-refractivity contribution in [1.29, 1.82) is 0 Å². The summed E-state index contributed by atoms with van der Waals surface area (Å²) in [4.78, 5) is 48.3. The van der Waals surface area contributed by atoms with Gasteiger partial charge in [-0.3, -0.25) is 9.59 Å². The van der Waals surface area contributed by atoms with Crippen molar-refractivity contribution >= 4 is 29.4 Å². The van der Waals surface area contributed by atoms with Gasteiger partial charge in [0.15, 0.2) is 0 Å². The smallest absolute Gasteiger partial charge is 0.339 e. The zero-order valence-electron chi connectivity index (χ0n) is 14.8. The van der Waals surface area contributed by atoms with E-state index in [2.05, 4.69) is 20.0 Å². The normalized spacial score (nSPS) is 13.8. The maximum Gasteiger partial charge on any atom is 0.339 e. The fourth-order valence-electron chi connectivity index (χ4n) is 2.76. The number of benzene rings is 1. The predicted octanol–water partition coefficient (Wildman–Crippen LogP) is 0.550. The molecule has 2 amide bonds. The van der Waals surface area contributed by atoms with Crippen LogP contribution < -0.4 is 10.2 Å². The third kappa shape index (κ3) is 4.20. The van der Waals surface area contributed by atoms with Crippen LogP contribution in [0.5, 0.6) is 0 Å². The van der Waals surface area contributed by atoms with Crippen LogP contribution in [0, 0.1) is 0 Å². The molecule has 0 atom stereocenters. The number of piperazine rings is 1. The van der Waals surface area contributed by atoms with Crippen molar-refractivity contribution in [1.82, 2.24) is 14.9 Å². The van der Waals surface area contributed by atoms with Gasteiger partial charge in [0, 0.05) is 38.6 Å². The van der Waals surface area contributed by atoms with Gasteiger partial charge in [-0.05, 0) is 18.2 Å². The van der Waals surface area contributed by atoms with Gasteiger partial charge in [-0.25, -0.2) is 14.8 Å². The molecule has 0 radical (unpaired) electrons. The zero-order chi connectivity index (χ0) is 19.2. The second-order valence-electron chi connectivity index (χ2n) is 5.82. The minimum Gasteiger partial charge on any atom is -0.465 e. The van der Waals surface area contributed by atoms with Crippen LogP contribution in [0.3, 0.4) is 0 Å². The molecule has 0 bridgehead atoms. The molecule has 1 fully saturated rings. The van der Waals surface area contributed by atoms with Crippen molar-refractivity contribution in [3.63, 3.8) is 0 Å². The number of methoxy groups -OCH3 is 1. The molecule has 0 aliphatic carbocycles. The lowest BCUT2D eigenvalue weighted by molar-refractivity contribution is -0.143. The summed E-state index contributed by atoms with van der Waals surface area (Å²) >= 11 is 0. The highest BCUT2D eigenvalue weighted by molar-refractivity contribution is 6.39. The van der Waals surface area contributed by atoms with Gasteiger partial charge in [0.05, 0.1) is 18.4 Å². The number of carbonyl (C=O) groups is 3. The van der Waals surface area contributed by atoms with Crippen LogP contribution in [0.25, 0.3) is 0 Å². The molecule has 0 spiro atoms. The Morgan fingerprint density at radius 2 is 1.67 bits per heavy atom. The number of hydrogen-bond donors (Lipinski definition) is 1. The number of esters is 1. The maximum atomic E-state index is 12.4. The number of nitrogens with zero attached hydrogens (tertiary/aromatic N) is 4. The molecule has 1 aromatic carbocycles. The molecule has 2 heterocycles. The van der Waals surface area contributed by atoms with Crippen LogP contribution in [0.15, 0.2) is 42.7 Å². The summed E-state index contributed by atoms with van der Waals surface area (Å²) < 4.78 is 4.69. The maximum absolute atomic E-state index is 12.4. The Morgan fingerprint density at radius 3 is 2.33 bits per heavy atom. The van der Waals surface area contributed by atoms with E-state index in [0.717, 1.165) is 0 Å². The Bertz CT molecular complexity index is 835. The highest BCUT2D eigenvalue weighted by Gasteiger charge is 2.27. The summed E-state index contributed by atoms with van der Waals surface area (Å²) in [5.41, 5.74) is 0.422. The summed E-state index contributed by atoms with van der Waals surface area (Å²) in [6.45, 7) is 1.82. The Kier molecular flexibility index (Phi) is 5.60. The molecular weight excluding hydrogens is 350 g/mol. The largest absolute Gasteiger partial charge is 0.465 e. The Hall–Kier alpha value is -3.49. The highest BCUT2D eigenvalue weighted by atomic mass is 16.5. The van der Waals surface area contributed by atoms with E-state index in [1.807, 2.05) is 4.90 Å². The van der Waals surface area contributed by atoms with E-state index >= 15 is 0 Å². The number of para-hydroxylation sites is 1. The quantitative estimate of drug-likeness (QED) is 0.622. The van der Waals surface area contributed by atoms with E-state index < -0.39 is 17.8 Å². The molecule has 1 aliphatic rings. The minimum absolute atomic E-state index is 0.187. The Labute approximate surface area is 156 Å². The molecule has 1 saturated heterocycles. The van der Waals surface area contributed by atoms with Crippen molar-refractivity contribution in [2.75, 3.05) is 43.5 Å². The monoisotopic (exact) mass is 369 g/mol. The van der Waals surface area contributed by atoms with Crippen molar-refractivity contribution in [2.24, 2.45) is 0 Å². The Balaban J connectivity index is 1.61. The van der Waals surface area contributed by atoms with Gasteiger partial charge >= 0.3 is 17.8 Å². The van der Waals surface area contributed by atoms with Crippen molar-refractivity contribution < 1.29 is 19.1 Å². The van der Waals surface area contributed by atoms with Crippen LogP contribution in [0.1, 0.15) is 10.4 Å². The molecule has 1 aromatic heterocycles. The van der Waals surface area contributed by atoms with Crippen LogP contribution in [-0.4, -0.2) is 65.9 Å². The number of carbonyl (C=O) groups excluding carboxylic acids is 3. The van der Waals surface area contributed by atoms with Crippen molar-refractivity contribution in [2.45, 2.75) is 0 Å². The molecule has 0 unspecified atom stereocenters. The van der Waals surface area contributed by atoms with Crippen LogP contribution >= 0.6 is 0 Å². The lowest BCUT2D eigenvalue weighted by Crippen LogP contribution is -2.52. The SMILES string of the molecule is COC(=O)c1ccccc1NC(=O)C(=O)N1CCN(c2ncccn2)CC1. The average molecular weight is 369 g/mol. The zero-order valence-corrected chi connectivity index (χ0v) is 14.8. The second kappa shape index (κ2) is 8.26. The molecule has 140 valence electrons. The number of rotatable bonds is 3. The fraction of sp³-hybridized carbons (Fsp3) is 0.278. The first-order valence-corrected chi connectivity index (χ1v) is 8.39. The second-order valence-corrected chi connectivity index (χ2v) is 5.82. The van der Waals surface area contributed by atoms with Crippen LogP contribution in [0.4, 0.5) is 11.6 Å². The molecule has 9 heteroatoms. The van der Waals surface area contributed by atoms with E-state index in [1.54, 1.807) is 36.7 Å². The summed E-state index contributed by atoms with van der Waals surface area (Å²) in [5, 5.41) is 2.50. The number of ether oxygens (including phenoxy) is 1. The first kappa shape index (κ1) is 18.3. The minimum atomic E-state index is -0.796. The van der Waals surface area contributed by atoms with E-state index in [0.29, 0.717) is 32.1 Å². The summed E-state index contributed by atoms with van der Waals surface area (Å²) in [6.07, 6.45) is 3.32. The van der Waals surface area contributed by atoms with E-state index in [1.165, 1.54) is 18.1 Å². The van der Waals surface area contributed by atoms with Gasteiger partial charge in [-0.15, -0.1) is 0 Å². The topological polar surface area (TPSA) is 105 Å². The van der Waals surface area contributed by atoms with E-state index in [9.17, 15) is 14.4 Å². The molecule has 1 N–H and O–H groups in total. The Morgan fingerprint density at radius 1 is 1.00 bits per heavy atom. The van der Waals surface area contributed by atoms with Crippen molar-refractivity contribution in [3.05, 3.63) is 48.3 Å². The number of aromatic nitrogens is 2. The summed E-state index contributed by atoms with van der Waals surface area (Å²) in [6, 6.07) is 8.10. The molecule has 0 saturated carbocycles. The van der Waals surface area contributed by atoms with Crippen molar-refractivity contribution in [3.8, 4) is 0 Å². The third-order valence-corrected chi connectivity index (χ3v) is 4.18. The number of nitrogens with one attached hydrogen (secondary N) is 1. The average Bonchev–Trinajstić information content (AvgIpc) is 2.73. The first-order valence-electron chi connectivity index (χ1n) is 8.39. The molecule has 9 nitrogen and oxygen atoms in total. The van der Waals surface area contributed by atoms with Gasteiger partial charge in [-0.1, -0.05) is 12.1 Å². The number of amides is 2. The van der Waals surface area contributed by atoms with E-state index in [4.69, 9.17) is 0 Å². The van der Waals surface area contributed by atoms with Gasteiger partial charge in [0.25, 0.3) is 0 Å². The first-order chi connectivity index (χ1) is 13.1. The highest BCUT2D eigenvalue weighted by Crippen LogP contribution is 2.16. The molecular formula is C18H19N5O4. The molecule has 2 aromatic rings.